The van der Waals surface area contributed by atoms with Crippen molar-refractivity contribution in [2.75, 3.05) is 34.2 Å². The van der Waals surface area contributed by atoms with Crippen molar-refractivity contribution in [2.24, 2.45) is 0 Å². The third-order valence-corrected chi connectivity index (χ3v) is 3.55. The van der Waals surface area contributed by atoms with Crippen molar-refractivity contribution in [1.82, 2.24) is 9.80 Å². The van der Waals surface area contributed by atoms with Crippen molar-refractivity contribution in [3.63, 3.8) is 0 Å². The lowest BCUT2D eigenvalue weighted by molar-refractivity contribution is 0.0792. The zero-order chi connectivity index (χ0) is 15.4. The molecular formula is C17H21FN2O. The van der Waals surface area contributed by atoms with Gasteiger partial charge in [-0.3, -0.25) is 4.79 Å². The van der Waals surface area contributed by atoms with Crippen LogP contribution in [0.15, 0.2) is 36.4 Å². The summed E-state index contributed by atoms with van der Waals surface area (Å²) >= 11 is 0. The lowest BCUT2D eigenvalue weighted by atomic mass is 10.0. The Hall–Kier alpha value is -1.94. The van der Waals surface area contributed by atoms with Gasteiger partial charge >= 0.3 is 0 Å². The van der Waals surface area contributed by atoms with Crippen LogP contribution in [0.25, 0.3) is 10.8 Å². The maximum Gasteiger partial charge on any atom is 0.254 e. The van der Waals surface area contributed by atoms with Crippen LogP contribution in [0.1, 0.15) is 16.8 Å². The molecule has 0 spiro atoms. The molecule has 0 bridgehead atoms. The summed E-state index contributed by atoms with van der Waals surface area (Å²) < 4.78 is 13.8. The number of carbonyl (C=O) groups is 1. The topological polar surface area (TPSA) is 23.6 Å². The SMILES string of the molecule is CN(C)CCCN(C)C(=O)c1ccc(F)c2ccccc12. The van der Waals surface area contributed by atoms with Crippen molar-refractivity contribution in [1.29, 1.82) is 0 Å². The summed E-state index contributed by atoms with van der Waals surface area (Å²) in [7, 11) is 5.81. The molecule has 0 aromatic heterocycles. The van der Waals surface area contributed by atoms with Gasteiger partial charge in [-0.2, -0.15) is 0 Å². The molecule has 0 saturated carbocycles. The number of benzene rings is 2. The van der Waals surface area contributed by atoms with Gasteiger partial charge in [-0.15, -0.1) is 0 Å². The average Bonchev–Trinajstić information content (AvgIpc) is 2.47. The fraction of sp³-hybridized carbons (Fsp3) is 0.353. The summed E-state index contributed by atoms with van der Waals surface area (Å²) in [5, 5.41) is 1.16. The van der Waals surface area contributed by atoms with Crippen LogP contribution >= 0.6 is 0 Å². The molecule has 0 aliphatic carbocycles. The van der Waals surface area contributed by atoms with Crippen LogP contribution in [0.5, 0.6) is 0 Å². The Morgan fingerprint density at radius 2 is 1.67 bits per heavy atom. The number of nitrogens with zero attached hydrogens (tertiary/aromatic N) is 2. The molecule has 0 N–H and O–H groups in total. The largest absolute Gasteiger partial charge is 0.342 e. The number of amides is 1. The van der Waals surface area contributed by atoms with Gasteiger partial charge in [0.05, 0.1) is 0 Å². The molecule has 0 heterocycles. The van der Waals surface area contributed by atoms with E-state index in [-0.39, 0.29) is 11.7 Å². The molecule has 3 nitrogen and oxygen atoms in total. The molecular weight excluding hydrogens is 267 g/mol. The van der Waals surface area contributed by atoms with Crippen LogP contribution in [0.2, 0.25) is 0 Å². The molecule has 1 amide bonds. The number of rotatable bonds is 5. The normalized spacial score (nSPS) is 11.1. The number of carbonyl (C=O) groups excluding carboxylic acids is 1. The first kappa shape index (κ1) is 15.4. The first-order chi connectivity index (χ1) is 10.0. The standard InChI is InChI=1S/C17H21FN2O/c1-19(2)11-6-12-20(3)17(21)15-9-10-16(18)14-8-5-4-7-13(14)15/h4-5,7-10H,6,11-12H2,1-3H3. The zero-order valence-corrected chi connectivity index (χ0v) is 12.8. The third-order valence-electron chi connectivity index (χ3n) is 3.55. The highest BCUT2D eigenvalue weighted by molar-refractivity contribution is 6.07. The van der Waals surface area contributed by atoms with E-state index in [1.807, 2.05) is 20.2 Å². The molecule has 2 aromatic rings. The van der Waals surface area contributed by atoms with E-state index in [4.69, 9.17) is 0 Å². The van der Waals surface area contributed by atoms with E-state index >= 15 is 0 Å². The van der Waals surface area contributed by atoms with E-state index in [9.17, 15) is 9.18 Å². The Kier molecular flexibility index (Phi) is 4.91. The molecule has 21 heavy (non-hydrogen) atoms. The van der Waals surface area contributed by atoms with E-state index in [0.717, 1.165) is 13.0 Å². The number of halogens is 1. The second-order valence-corrected chi connectivity index (χ2v) is 5.52. The molecule has 0 aliphatic heterocycles. The van der Waals surface area contributed by atoms with Crippen LogP contribution in [0, 0.1) is 5.82 Å². The van der Waals surface area contributed by atoms with Gasteiger partial charge in [-0.1, -0.05) is 24.3 Å². The highest BCUT2D eigenvalue weighted by Gasteiger charge is 2.15. The zero-order valence-electron chi connectivity index (χ0n) is 12.8. The third kappa shape index (κ3) is 3.58. The predicted molar refractivity (Wildman–Crippen MR) is 84.0 cm³/mol. The summed E-state index contributed by atoms with van der Waals surface area (Å²) in [5.41, 5.74) is 0.555. The van der Waals surface area contributed by atoms with Gasteiger partial charge in [0.15, 0.2) is 0 Å². The molecule has 4 heteroatoms. The molecule has 0 saturated heterocycles. The van der Waals surface area contributed by atoms with Crippen LogP contribution in [0.3, 0.4) is 0 Å². The van der Waals surface area contributed by atoms with Gasteiger partial charge in [-0.05, 0) is 44.6 Å². The molecule has 0 fully saturated rings. The van der Waals surface area contributed by atoms with Crippen molar-refractivity contribution >= 4 is 16.7 Å². The summed E-state index contributed by atoms with van der Waals surface area (Å²) in [6.07, 6.45) is 0.911. The predicted octanol–water partition coefficient (Wildman–Crippen LogP) is 3.00. The lowest BCUT2D eigenvalue weighted by Crippen LogP contribution is -2.29. The van der Waals surface area contributed by atoms with Crippen molar-refractivity contribution in [2.45, 2.75) is 6.42 Å². The highest BCUT2D eigenvalue weighted by Crippen LogP contribution is 2.22. The Morgan fingerprint density at radius 1 is 1.00 bits per heavy atom. The van der Waals surface area contributed by atoms with Crippen LogP contribution in [-0.4, -0.2) is 49.9 Å². The molecule has 0 aliphatic rings. The van der Waals surface area contributed by atoms with Gasteiger partial charge in [0.25, 0.3) is 5.91 Å². The minimum Gasteiger partial charge on any atom is -0.342 e. The smallest absolute Gasteiger partial charge is 0.254 e. The van der Waals surface area contributed by atoms with Gasteiger partial charge in [-0.25, -0.2) is 4.39 Å². The summed E-state index contributed by atoms with van der Waals surface area (Å²) in [4.78, 5) is 16.3. The van der Waals surface area contributed by atoms with E-state index in [1.54, 1.807) is 36.2 Å². The molecule has 2 rings (SSSR count). The van der Waals surface area contributed by atoms with E-state index in [0.29, 0.717) is 22.9 Å². The van der Waals surface area contributed by atoms with E-state index in [2.05, 4.69) is 4.90 Å². The monoisotopic (exact) mass is 288 g/mol. The van der Waals surface area contributed by atoms with E-state index in [1.165, 1.54) is 6.07 Å². The average molecular weight is 288 g/mol. The Balaban J connectivity index is 2.21. The maximum absolute atomic E-state index is 13.8. The Morgan fingerprint density at radius 3 is 2.33 bits per heavy atom. The Labute approximate surface area is 125 Å². The van der Waals surface area contributed by atoms with E-state index < -0.39 is 0 Å². The van der Waals surface area contributed by atoms with Crippen LogP contribution in [-0.2, 0) is 0 Å². The Bertz CT molecular complexity index is 640. The molecule has 0 atom stereocenters. The summed E-state index contributed by atoms with van der Waals surface area (Å²) in [6, 6.07) is 10.0. The molecule has 2 aromatic carbocycles. The molecule has 0 unspecified atom stereocenters. The van der Waals surface area contributed by atoms with Gasteiger partial charge in [0, 0.05) is 24.5 Å². The minimum absolute atomic E-state index is 0.0649. The fourth-order valence-corrected chi connectivity index (χ4v) is 2.38. The van der Waals surface area contributed by atoms with Crippen molar-refractivity contribution in [3.05, 3.63) is 47.8 Å². The summed E-state index contributed by atoms with van der Waals surface area (Å²) in [5.74, 6) is -0.359. The second-order valence-electron chi connectivity index (χ2n) is 5.52. The first-order valence-corrected chi connectivity index (χ1v) is 7.08. The number of hydrogen-bond acceptors (Lipinski definition) is 2. The fourth-order valence-electron chi connectivity index (χ4n) is 2.38. The molecule has 0 radical (unpaired) electrons. The van der Waals surface area contributed by atoms with Crippen molar-refractivity contribution in [3.8, 4) is 0 Å². The minimum atomic E-state index is -0.294. The maximum atomic E-state index is 13.8. The van der Waals surface area contributed by atoms with Crippen LogP contribution < -0.4 is 0 Å². The highest BCUT2D eigenvalue weighted by atomic mass is 19.1. The first-order valence-electron chi connectivity index (χ1n) is 7.08. The summed E-state index contributed by atoms with van der Waals surface area (Å²) in [6.45, 7) is 1.62. The van der Waals surface area contributed by atoms with Gasteiger partial charge in [0.2, 0.25) is 0 Å². The number of hydrogen-bond donors (Lipinski definition) is 0. The number of fused-ring (bicyclic) bond motifs is 1. The van der Waals surface area contributed by atoms with Gasteiger partial charge in [0.1, 0.15) is 5.82 Å². The lowest BCUT2D eigenvalue weighted by Gasteiger charge is -2.19. The van der Waals surface area contributed by atoms with Gasteiger partial charge < -0.3 is 9.80 Å². The quantitative estimate of drug-likeness (QED) is 0.844. The van der Waals surface area contributed by atoms with Crippen LogP contribution in [0.4, 0.5) is 4.39 Å². The second kappa shape index (κ2) is 6.68. The van der Waals surface area contributed by atoms with Crippen molar-refractivity contribution < 1.29 is 9.18 Å². The molecule has 112 valence electrons.